The van der Waals surface area contributed by atoms with Gasteiger partial charge in [-0.05, 0) is 67.4 Å². The Morgan fingerprint density at radius 2 is 1.74 bits per heavy atom. The predicted molar refractivity (Wildman–Crippen MR) is 143 cm³/mol. The molecule has 2 amide bonds. The number of anilines is 2. The van der Waals surface area contributed by atoms with Crippen molar-refractivity contribution in [2.24, 2.45) is 0 Å². The maximum atomic E-state index is 13.6. The Balaban J connectivity index is 1.20. The van der Waals surface area contributed by atoms with Crippen molar-refractivity contribution in [1.29, 1.82) is 0 Å². The standard InChI is InChI=1S/C27H25F2N7OS/c28-18-5-3-17(4-6-18)23-24(36-14-15-38-27(36)34-23)22-11-12-30-25(33-22)31-21-2-1-13-35(16-21)26(37)32-20-9-7-19(29)8-10-20/h3-12,21H,1-2,13-16H2,(H,32,37)(H,30,31,33). The number of likely N-dealkylation sites (tertiary alicyclic amines) is 1. The zero-order chi connectivity index (χ0) is 26.1. The molecule has 1 atom stereocenters. The molecule has 2 aromatic heterocycles. The van der Waals surface area contributed by atoms with Gasteiger partial charge >= 0.3 is 6.03 Å². The topological polar surface area (TPSA) is 88.0 Å². The summed E-state index contributed by atoms with van der Waals surface area (Å²) in [4.78, 5) is 28.6. The van der Waals surface area contributed by atoms with Crippen molar-refractivity contribution in [2.75, 3.05) is 29.5 Å². The quantitative estimate of drug-likeness (QED) is 0.352. The smallest absolute Gasteiger partial charge is 0.321 e. The second-order valence-electron chi connectivity index (χ2n) is 9.23. The lowest BCUT2D eigenvalue weighted by Gasteiger charge is -2.33. The summed E-state index contributed by atoms with van der Waals surface area (Å²) >= 11 is 1.69. The summed E-state index contributed by atoms with van der Waals surface area (Å²) in [5.41, 5.74) is 3.74. The number of hydrogen-bond donors (Lipinski definition) is 2. The van der Waals surface area contributed by atoms with Gasteiger partial charge in [-0.1, -0.05) is 11.8 Å². The Hall–Kier alpha value is -3.99. The van der Waals surface area contributed by atoms with Crippen LogP contribution in [0.5, 0.6) is 0 Å². The van der Waals surface area contributed by atoms with Crippen LogP contribution in [0.4, 0.5) is 25.2 Å². The maximum absolute atomic E-state index is 13.6. The lowest BCUT2D eigenvalue weighted by atomic mass is 10.1. The van der Waals surface area contributed by atoms with E-state index in [1.54, 1.807) is 35.0 Å². The van der Waals surface area contributed by atoms with E-state index in [0.29, 0.717) is 24.7 Å². The van der Waals surface area contributed by atoms with Crippen LogP contribution in [-0.2, 0) is 6.54 Å². The van der Waals surface area contributed by atoms with Crippen molar-refractivity contribution >= 4 is 29.4 Å². The summed E-state index contributed by atoms with van der Waals surface area (Å²) in [7, 11) is 0. The second-order valence-corrected chi connectivity index (χ2v) is 10.3. The molecule has 0 spiro atoms. The Bertz CT molecular complexity index is 1460. The van der Waals surface area contributed by atoms with Gasteiger partial charge in [0.15, 0.2) is 5.16 Å². The van der Waals surface area contributed by atoms with E-state index in [4.69, 9.17) is 9.97 Å². The summed E-state index contributed by atoms with van der Waals surface area (Å²) in [6, 6.07) is 13.6. The van der Waals surface area contributed by atoms with Crippen LogP contribution in [0.25, 0.3) is 22.6 Å². The summed E-state index contributed by atoms with van der Waals surface area (Å²) in [6.45, 7) is 1.93. The lowest BCUT2D eigenvalue weighted by molar-refractivity contribution is 0.196. The highest BCUT2D eigenvalue weighted by molar-refractivity contribution is 7.99. The van der Waals surface area contributed by atoms with Crippen LogP contribution in [0, 0.1) is 11.6 Å². The number of carbonyl (C=O) groups excluding carboxylic acids is 1. The normalized spacial score (nSPS) is 16.8. The van der Waals surface area contributed by atoms with Crippen molar-refractivity contribution < 1.29 is 13.6 Å². The third-order valence-corrected chi connectivity index (χ3v) is 7.59. The molecule has 194 valence electrons. The molecule has 0 radical (unpaired) electrons. The van der Waals surface area contributed by atoms with Gasteiger partial charge in [-0.15, -0.1) is 0 Å². The summed E-state index contributed by atoms with van der Waals surface area (Å²) in [5, 5.41) is 7.14. The summed E-state index contributed by atoms with van der Waals surface area (Å²) < 4.78 is 28.9. The Morgan fingerprint density at radius 1 is 0.974 bits per heavy atom. The molecule has 2 aliphatic rings. The first-order valence-corrected chi connectivity index (χ1v) is 13.4. The molecule has 2 aliphatic heterocycles. The van der Waals surface area contributed by atoms with Gasteiger partial charge in [-0.2, -0.15) is 0 Å². The third-order valence-electron chi connectivity index (χ3n) is 6.63. The van der Waals surface area contributed by atoms with E-state index >= 15 is 0 Å². The molecule has 0 bridgehead atoms. The monoisotopic (exact) mass is 533 g/mol. The van der Waals surface area contributed by atoms with E-state index in [-0.39, 0.29) is 23.7 Å². The van der Waals surface area contributed by atoms with Crippen LogP contribution in [0.15, 0.2) is 66.0 Å². The molecule has 8 nitrogen and oxygen atoms in total. The number of amides is 2. The lowest BCUT2D eigenvalue weighted by Crippen LogP contribution is -2.47. The van der Waals surface area contributed by atoms with Gasteiger partial charge in [0.2, 0.25) is 5.95 Å². The Morgan fingerprint density at radius 3 is 2.53 bits per heavy atom. The van der Waals surface area contributed by atoms with Crippen LogP contribution in [0.1, 0.15) is 12.8 Å². The molecule has 6 rings (SSSR count). The van der Waals surface area contributed by atoms with E-state index < -0.39 is 0 Å². The van der Waals surface area contributed by atoms with Crippen molar-refractivity contribution in [3.63, 3.8) is 0 Å². The highest BCUT2D eigenvalue weighted by atomic mass is 32.2. The first-order valence-electron chi connectivity index (χ1n) is 12.4. The number of urea groups is 1. The molecule has 0 aliphatic carbocycles. The number of carbonyl (C=O) groups is 1. The van der Waals surface area contributed by atoms with Gasteiger partial charge in [-0.25, -0.2) is 28.5 Å². The fourth-order valence-electron chi connectivity index (χ4n) is 4.80. The number of halogens is 2. The second kappa shape index (κ2) is 10.4. The maximum Gasteiger partial charge on any atom is 0.321 e. The average molecular weight is 534 g/mol. The van der Waals surface area contributed by atoms with Crippen molar-refractivity contribution in [3.05, 3.63) is 72.4 Å². The highest BCUT2D eigenvalue weighted by Gasteiger charge is 2.27. The zero-order valence-electron chi connectivity index (χ0n) is 20.4. The first kappa shape index (κ1) is 24.4. The molecule has 2 aromatic carbocycles. The molecular weight excluding hydrogens is 508 g/mol. The number of rotatable bonds is 5. The van der Waals surface area contributed by atoms with Crippen molar-refractivity contribution in [3.8, 4) is 22.6 Å². The minimum atomic E-state index is -0.350. The molecule has 2 N–H and O–H groups in total. The van der Waals surface area contributed by atoms with Crippen LogP contribution < -0.4 is 10.6 Å². The van der Waals surface area contributed by atoms with E-state index in [0.717, 1.165) is 52.9 Å². The minimum absolute atomic E-state index is 0.0266. The van der Waals surface area contributed by atoms with Crippen molar-refractivity contribution in [2.45, 2.75) is 30.6 Å². The van der Waals surface area contributed by atoms with Crippen molar-refractivity contribution in [1.82, 2.24) is 24.4 Å². The third kappa shape index (κ3) is 5.06. The number of piperidine rings is 1. The molecule has 0 saturated carbocycles. The number of nitrogens with zero attached hydrogens (tertiary/aromatic N) is 5. The molecule has 4 heterocycles. The fraction of sp³-hybridized carbons (Fsp3) is 0.259. The molecule has 1 fully saturated rings. The van der Waals surface area contributed by atoms with E-state index in [1.165, 1.54) is 36.4 Å². The Labute approximate surface area is 222 Å². The number of benzene rings is 2. The van der Waals surface area contributed by atoms with Gasteiger partial charge in [0, 0.05) is 48.9 Å². The predicted octanol–water partition coefficient (Wildman–Crippen LogP) is 5.50. The van der Waals surface area contributed by atoms with Crippen LogP contribution in [0.3, 0.4) is 0 Å². The van der Waals surface area contributed by atoms with Gasteiger partial charge in [-0.3, -0.25) is 0 Å². The Kier molecular flexibility index (Phi) is 6.67. The number of aromatic nitrogens is 4. The van der Waals surface area contributed by atoms with Crippen LogP contribution in [-0.4, -0.2) is 55.3 Å². The van der Waals surface area contributed by atoms with E-state index in [2.05, 4.69) is 20.2 Å². The minimum Gasteiger partial charge on any atom is -0.350 e. The van der Waals surface area contributed by atoms with E-state index in [9.17, 15) is 13.6 Å². The molecule has 4 aromatic rings. The number of hydrogen-bond acceptors (Lipinski definition) is 6. The average Bonchev–Trinajstić information content (AvgIpc) is 3.52. The van der Waals surface area contributed by atoms with Gasteiger partial charge < -0.3 is 20.1 Å². The van der Waals surface area contributed by atoms with Crippen LogP contribution >= 0.6 is 11.8 Å². The SMILES string of the molecule is O=C(Nc1ccc(F)cc1)N1CCCC(Nc2nccc(-c3c(-c4ccc(F)cc4)nc4n3CCS4)n2)C1. The van der Waals surface area contributed by atoms with Gasteiger partial charge in [0.25, 0.3) is 0 Å². The molecule has 38 heavy (non-hydrogen) atoms. The number of imidazole rings is 1. The number of fused-ring (bicyclic) bond motifs is 1. The molecule has 1 unspecified atom stereocenters. The number of nitrogens with one attached hydrogen (secondary N) is 2. The molecular formula is C27H25F2N7OS. The largest absolute Gasteiger partial charge is 0.350 e. The van der Waals surface area contributed by atoms with E-state index in [1.807, 2.05) is 6.07 Å². The zero-order valence-corrected chi connectivity index (χ0v) is 21.2. The molecule has 1 saturated heterocycles. The van der Waals surface area contributed by atoms with Gasteiger partial charge in [0.1, 0.15) is 11.6 Å². The summed E-state index contributed by atoms with van der Waals surface area (Å²) in [5.74, 6) is 0.766. The molecule has 11 heteroatoms. The first-order chi connectivity index (χ1) is 18.5. The summed E-state index contributed by atoms with van der Waals surface area (Å²) in [6.07, 6.45) is 3.41. The van der Waals surface area contributed by atoms with Crippen LogP contribution in [0.2, 0.25) is 0 Å². The highest BCUT2D eigenvalue weighted by Crippen LogP contribution is 2.38. The number of thioether (sulfide) groups is 1. The van der Waals surface area contributed by atoms with Gasteiger partial charge in [0.05, 0.1) is 17.1 Å². The fourth-order valence-corrected chi connectivity index (χ4v) is 5.76.